The molecule has 3 N–H and O–H groups in total. The second-order valence-corrected chi connectivity index (χ2v) is 9.98. The number of amides is 1. The Morgan fingerprint density at radius 2 is 1.97 bits per heavy atom. The van der Waals surface area contributed by atoms with E-state index in [0.29, 0.717) is 16.7 Å². The van der Waals surface area contributed by atoms with Crippen molar-refractivity contribution < 1.29 is 27.8 Å². The van der Waals surface area contributed by atoms with Gasteiger partial charge in [0.1, 0.15) is 16.9 Å². The van der Waals surface area contributed by atoms with Crippen molar-refractivity contribution in [1.29, 1.82) is 0 Å². The van der Waals surface area contributed by atoms with Crippen LogP contribution in [0.4, 0.5) is 4.39 Å². The molecule has 3 rings (SSSR count). The van der Waals surface area contributed by atoms with E-state index in [2.05, 4.69) is 10.3 Å². The van der Waals surface area contributed by atoms with Crippen LogP contribution in [-0.2, 0) is 30.0 Å². The summed E-state index contributed by atoms with van der Waals surface area (Å²) in [6.45, 7) is -0.438. The normalized spacial score (nSPS) is 11.8. The first-order valence-corrected chi connectivity index (χ1v) is 12.1. The number of aromatic hydroxyl groups is 1. The Morgan fingerprint density at radius 3 is 2.62 bits per heavy atom. The van der Waals surface area contributed by atoms with E-state index in [9.17, 15) is 27.5 Å². The number of sulfonamides is 1. The van der Waals surface area contributed by atoms with Crippen LogP contribution in [0.15, 0.2) is 35.3 Å². The number of aromatic nitrogens is 2. The lowest BCUT2D eigenvalue weighted by Crippen LogP contribution is -2.34. The van der Waals surface area contributed by atoms with Crippen molar-refractivity contribution in [1.82, 2.24) is 19.2 Å². The molecule has 10 nitrogen and oxygen atoms in total. The third-order valence-electron chi connectivity index (χ3n) is 5.41. The predicted octanol–water partition coefficient (Wildman–Crippen LogP) is 0.482. The molecule has 0 fully saturated rings. The van der Waals surface area contributed by atoms with Gasteiger partial charge in [-0.2, -0.15) is 0 Å². The molecule has 0 saturated carbocycles. The Labute approximate surface area is 195 Å². The zero-order valence-corrected chi connectivity index (χ0v) is 19.7. The highest BCUT2D eigenvalue weighted by Crippen LogP contribution is 2.26. The number of fused-ring (bicyclic) bond motifs is 1. The predicted molar refractivity (Wildman–Crippen MR) is 124 cm³/mol. The summed E-state index contributed by atoms with van der Waals surface area (Å²) in [6.07, 6.45) is 2.77. The van der Waals surface area contributed by atoms with Crippen molar-refractivity contribution >= 4 is 27.0 Å². The first-order valence-electron chi connectivity index (χ1n) is 10.2. The lowest BCUT2D eigenvalue weighted by Gasteiger charge is -2.17. The van der Waals surface area contributed by atoms with E-state index in [-0.39, 0.29) is 37.2 Å². The second-order valence-electron chi connectivity index (χ2n) is 7.89. The van der Waals surface area contributed by atoms with Gasteiger partial charge in [-0.25, -0.2) is 17.1 Å². The van der Waals surface area contributed by atoms with Gasteiger partial charge in [0.2, 0.25) is 10.0 Å². The van der Waals surface area contributed by atoms with Crippen molar-refractivity contribution in [2.75, 3.05) is 26.5 Å². The number of halogens is 1. The summed E-state index contributed by atoms with van der Waals surface area (Å²) in [6, 6.07) is 5.71. The van der Waals surface area contributed by atoms with E-state index in [4.69, 9.17) is 5.11 Å². The minimum atomic E-state index is -3.48. The minimum Gasteiger partial charge on any atom is -0.505 e. The molecule has 0 aliphatic rings. The number of pyridine rings is 2. The Kier molecular flexibility index (Phi) is 7.34. The van der Waals surface area contributed by atoms with E-state index < -0.39 is 38.6 Å². The third-order valence-corrected chi connectivity index (χ3v) is 6.67. The minimum absolute atomic E-state index is 0.0292. The first kappa shape index (κ1) is 25.3. The van der Waals surface area contributed by atoms with Crippen LogP contribution < -0.4 is 10.9 Å². The number of hydrogen-bond acceptors (Lipinski definition) is 7. The molecule has 2 heterocycles. The van der Waals surface area contributed by atoms with E-state index in [0.717, 1.165) is 10.6 Å². The first-order chi connectivity index (χ1) is 15.9. The molecule has 1 aromatic carbocycles. The van der Waals surface area contributed by atoms with Gasteiger partial charge in [0.25, 0.3) is 11.5 Å². The second kappa shape index (κ2) is 9.87. The van der Waals surface area contributed by atoms with Gasteiger partial charge in [0.15, 0.2) is 5.75 Å². The summed E-state index contributed by atoms with van der Waals surface area (Å²) < 4.78 is 39.8. The molecular formula is C22H25FN4O6S. The topological polar surface area (TPSA) is 142 Å². The average molecular weight is 493 g/mol. The summed E-state index contributed by atoms with van der Waals surface area (Å²) in [5, 5.41) is 21.8. The van der Waals surface area contributed by atoms with Crippen LogP contribution in [0.2, 0.25) is 0 Å². The smallest absolute Gasteiger partial charge is 0.267 e. The summed E-state index contributed by atoms with van der Waals surface area (Å²) in [7, 11) is -0.648. The molecule has 0 saturated heterocycles. The van der Waals surface area contributed by atoms with E-state index in [1.54, 1.807) is 12.1 Å². The molecule has 34 heavy (non-hydrogen) atoms. The van der Waals surface area contributed by atoms with Gasteiger partial charge in [0.05, 0.1) is 18.4 Å². The van der Waals surface area contributed by atoms with Crippen LogP contribution in [-0.4, -0.2) is 64.8 Å². The van der Waals surface area contributed by atoms with Gasteiger partial charge in [-0.15, -0.1) is 0 Å². The van der Waals surface area contributed by atoms with Crippen LogP contribution in [0.25, 0.3) is 11.0 Å². The molecule has 3 aromatic rings. The van der Waals surface area contributed by atoms with E-state index in [1.807, 2.05) is 0 Å². The van der Waals surface area contributed by atoms with Crippen molar-refractivity contribution in [3.8, 4) is 5.75 Å². The number of hydrogen-bond donors (Lipinski definition) is 3. The molecule has 1 amide bonds. The molecule has 182 valence electrons. The fourth-order valence-electron chi connectivity index (χ4n) is 3.48. The highest BCUT2D eigenvalue weighted by atomic mass is 32.2. The fraction of sp³-hybridized carbons (Fsp3) is 0.318. The SMILES string of the molecule is CN(Cc1cc(F)ccc1Cc1cnc2c(O)c(C(=O)NCCO)c(=O)n(C)c2c1)S(C)(=O)=O. The largest absolute Gasteiger partial charge is 0.505 e. The molecule has 0 spiro atoms. The van der Waals surface area contributed by atoms with Crippen molar-refractivity contribution in [3.05, 3.63) is 68.9 Å². The molecule has 0 unspecified atom stereocenters. The number of aliphatic hydroxyl groups is 1. The summed E-state index contributed by atoms with van der Waals surface area (Å²) in [5.41, 5.74) is 0.846. The van der Waals surface area contributed by atoms with Crippen molar-refractivity contribution in [3.63, 3.8) is 0 Å². The molecule has 0 radical (unpaired) electrons. The maximum Gasteiger partial charge on any atom is 0.267 e. The van der Waals surface area contributed by atoms with Crippen molar-refractivity contribution in [2.45, 2.75) is 13.0 Å². The summed E-state index contributed by atoms with van der Waals surface area (Å²) in [4.78, 5) is 29.2. The monoisotopic (exact) mass is 492 g/mol. The maximum absolute atomic E-state index is 13.9. The molecule has 0 aliphatic carbocycles. The molecule has 2 aromatic heterocycles. The number of benzene rings is 1. The zero-order valence-electron chi connectivity index (χ0n) is 18.9. The number of nitrogens with one attached hydrogen (secondary N) is 1. The number of carbonyl (C=O) groups is 1. The lowest BCUT2D eigenvalue weighted by atomic mass is 10.00. The molecule has 0 bridgehead atoms. The van der Waals surface area contributed by atoms with Gasteiger partial charge in [-0.1, -0.05) is 6.07 Å². The maximum atomic E-state index is 13.9. The Bertz CT molecular complexity index is 1420. The summed E-state index contributed by atoms with van der Waals surface area (Å²) >= 11 is 0. The van der Waals surface area contributed by atoms with Crippen LogP contribution in [0.5, 0.6) is 5.75 Å². The Morgan fingerprint density at radius 1 is 1.26 bits per heavy atom. The van der Waals surface area contributed by atoms with Crippen LogP contribution in [0.3, 0.4) is 0 Å². The highest BCUT2D eigenvalue weighted by Gasteiger charge is 2.22. The molecular weight excluding hydrogens is 467 g/mol. The Hall–Kier alpha value is -3.35. The van der Waals surface area contributed by atoms with Gasteiger partial charge < -0.3 is 20.1 Å². The lowest BCUT2D eigenvalue weighted by molar-refractivity contribution is 0.0940. The van der Waals surface area contributed by atoms with Crippen LogP contribution in [0.1, 0.15) is 27.0 Å². The molecule has 0 aliphatic heterocycles. The van der Waals surface area contributed by atoms with Crippen molar-refractivity contribution in [2.24, 2.45) is 7.05 Å². The number of carbonyl (C=O) groups excluding carboxylic acids is 1. The third kappa shape index (κ3) is 5.24. The fourth-order valence-corrected chi connectivity index (χ4v) is 3.85. The number of nitrogens with zero attached hydrogens (tertiary/aromatic N) is 3. The standard InChI is InChI=1S/C22H25FN4O6S/c1-26(34(3,32)33)12-15-10-16(23)5-4-14(15)8-13-9-17-19(25-11-13)20(29)18(22(31)27(17)2)21(30)24-6-7-28/h4-5,9-11,28-29H,6-8,12H2,1-3H3,(H,24,30). The van der Waals surface area contributed by atoms with Crippen LogP contribution >= 0.6 is 0 Å². The van der Waals surface area contributed by atoms with Crippen LogP contribution in [0, 0.1) is 5.82 Å². The highest BCUT2D eigenvalue weighted by molar-refractivity contribution is 7.88. The van der Waals surface area contributed by atoms with Gasteiger partial charge in [0, 0.05) is 33.4 Å². The number of aliphatic hydroxyl groups excluding tert-OH is 1. The Balaban J connectivity index is 2.03. The van der Waals surface area contributed by atoms with E-state index in [1.165, 1.54) is 37.0 Å². The molecule has 0 atom stereocenters. The zero-order chi connectivity index (χ0) is 25.2. The van der Waals surface area contributed by atoms with Gasteiger partial charge in [-0.3, -0.25) is 14.6 Å². The van der Waals surface area contributed by atoms with Gasteiger partial charge in [-0.05, 0) is 41.3 Å². The van der Waals surface area contributed by atoms with E-state index >= 15 is 0 Å². The summed E-state index contributed by atoms with van der Waals surface area (Å²) in [5.74, 6) is -1.90. The quantitative estimate of drug-likeness (QED) is 0.415. The number of rotatable bonds is 8. The number of aryl methyl sites for hydroxylation is 1. The molecule has 12 heteroatoms. The van der Waals surface area contributed by atoms with Gasteiger partial charge >= 0.3 is 0 Å². The average Bonchev–Trinajstić information content (AvgIpc) is 2.77.